The fourth-order valence-corrected chi connectivity index (χ4v) is 3.49. The summed E-state index contributed by atoms with van der Waals surface area (Å²) in [6, 6.07) is 4.88. The molecular weight excluding hydrogens is 401 g/mol. The van der Waals surface area contributed by atoms with E-state index in [0.29, 0.717) is 12.6 Å². The highest BCUT2D eigenvalue weighted by Gasteiger charge is 2.21. The van der Waals surface area contributed by atoms with Crippen LogP contribution in [0.5, 0.6) is 0 Å². The first-order valence-corrected chi connectivity index (χ1v) is 10.0. The Balaban J connectivity index is 1.87. The lowest BCUT2D eigenvalue weighted by atomic mass is 10.1. The Labute approximate surface area is 164 Å². The summed E-state index contributed by atoms with van der Waals surface area (Å²) in [5, 5.41) is 3.34. The van der Waals surface area contributed by atoms with E-state index < -0.39 is 0 Å². The Morgan fingerprint density at radius 1 is 1.31 bits per heavy atom. The molecule has 0 saturated carbocycles. The van der Waals surface area contributed by atoms with Gasteiger partial charge < -0.3 is 19.7 Å². The lowest BCUT2D eigenvalue weighted by Crippen LogP contribution is -2.47. The van der Waals surface area contributed by atoms with Gasteiger partial charge in [-0.2, -0.15) is 0 Å². The molecule has 2 rings (SSSR count). The lowest BCUT2D eigenvalue weighted by Gasteiger charge is -2.34. The van der Waals surface area contributed by atoms with Crippen molar-refractivity contribution < 1.29 is 13.9 Å². The van der Waals surface area contributed by atoms with Gasteiger partial charge in [0, 0.05) is 44.4 Å². The molecular formula is C19H29BrFN3O2. The molecule has 0 bridgehead atoms. The number of nitrogens with zero attached hydrogens (tertiary/aromatic N) is 2. The molecule has 5 nitrogen and oxygen atoms in total. The van der Waals surface area contributed by atoms with E-state index in [9.17, 15) is 4.39 Å². The number of ether oxygens (including phenoxy) is 2. The SMILES string of the molecule is CCNC(=NCc1cc(F)cc(Br)c1)N1CCC(OCCCOC)CC1. The molecule has 26 heavy (non-hydrogen) atoms. The minimum atomic E-state index is -0.249. The number of rotatable bonds is 8. The zero-order chi connectivity index (χ0) is 18.8. The van der Waals surface area contributed by atoms with Crippen molar-refractivity contribution in [2.45, 2.75) is 38.8 Å². The quantitative estimate of drug-likeness (QED) is 0.389. The predicted molar refractivity (Wildman–Crippen MR) is 106 cm³/mol. The first kappa shape index (κ1) is 21.1. The van der Waals surface area contributed by atoms with E-state index in [-0.39, 0.29) is 5.82 Å². The Hall–Kier alpha value is -1.18. The van der Waals surface area contributed by atoms with Crippen molar-refractivity contribution in [2.24, 2.45) is 4.99 Å². The average molecular weight is 430 g/mol. The van der Waals surface area contributed by atoms with Crippen LogP contribution < -0.4 is 5.32 Å². The second-order valence-corrected chi connectivity index (χ2v) is 7.27. The number of hydrogen-bond acceptors (Lipinski definition) is 3. The zero-order valence-corrected chi connectivity index (χ0v) is 17.2. The Kier molecular flexibility index (Phi) is 9.36. The number of nitrogens with one attached hydrogen (secondary N) is 1. The maximum absolute atomic E-state index is 13.5. The van der Waals surface area contributed by atoms with Gasteiger partial charge in [0.1, 0.15) is 5.82 Å². The van der Waals surface area contributed by atoms with Crippen molar-refractivity contribution in [3.05, 3.63) is 34.1 Å². The Morgan fingerprint density at radius 2 is 2.08 bits per heavy atom. The smallest absolute Gasteiger partial charge is 0.194 e. The van der Waals surface area contributed by atoms with Crippen LogP contribution in [-0.4, -0.2) is 56.9 Å². The van der Waals surface area contributed by atoms with E-state index >= 15 is 0 Å². The zero-order valence-electron chi connectivity index (χ0n) is 15.6. The maximum Gasteiger partial charge on any atom is 0.194 e. The van der Waals surface area contributed by atoms with Gasteiger partial charge in [-0.25, -0.2) is 9.38 Å². The molecule has 1 aliphatic heterocycles. The van der Waals surface area contributed by atoms with Crippen LogP contribution in [0.15, 0.2) is 27.7 Å². The Bertz CT molecular complexity index is 558. The molecule has 0 aromatic heterocycles. The summed E-state index contributed by atoms with van der Waals surface area (Å²) in [7, 11) is 1.71. The summed E-state index contributed by atoms with van der Waals surface area (Å²) < 4.78 is 25.2. The first-order chi connectivity index (χ1) is 12.6. The molecule has 0 radical (unpaired) electrons. The van der Waals surface area contributed by atoms with Crippen molar-refractivity contribution >= 4 is 21.9 Å². The van der Waals surface area contributed by atoms with E-state index in [1.54, 1.807) is 7.11 Å². The molecule has 1 N–H and O–H groups in total. The number of guanidine groups is 1. The highest BCUT2D eigenvalue weighted by Crippen LogP contribution is 2.17. The minimum Gasteiger partial charge on any atom is -0.385 e. The summed E-state index contributed by atoms with van der Waals surface area (Å²) in [6.45, 7) is 6.62. The molecule has 146 valence electrons. The van der Waals surface area contributed by atoms with Crippen molar-refractivity contribution in [1.82, 2.24) is 10.2 Å². The van der Waals surface area contributed by atoms with Gasteiger partial charge in [-0.15, -0.1) is 0 Å². The predicted octanol–water partition coefficient (Wildman–Crippen LogP) is 3.57. The van der Waals surface area contributed by atoms with Gasteiger partial charge in [-0.1, -0.05) is 15.9 Å². The normalized spacial score (nSPS) is 16.2. The van der Waals surface area contributed by atoms with E-state index in [1.807, 2.05) is 6.07 Å². The van der Waals surface area contributed by atoms with Crippen molar-refractivity contribution in [2.75, 3.05) is 40.0 Å². The van der Waals surface area contributed by atoms with E-state index in [1.165, 1.54) is 12.1 Å². The van der Waals surface area contributed by atoms with Crippen LogP contribution >= 0.6 is 15.9 Å². The van der Waals surface area contributed by atoms with Crippen molar-refractivity contribution in [3.8, 4) is 0 Å². The summed E-state index contributed by atoms with van der Waals surface area (Å²) >= 11 is 3.33. The van der Waals surface area contributed by atoms with E-state index in [4.69, 9.17) is 9.47 Å². The summed E-state index contributed by atoms with van der Waals surface area (Å²) in [4.78, 5) is 6.94. The van der Waals surface area contributed by atoms with Crippen LogP contribution in [0, 0.1) is 5.82 Å². The molecule has 0 spiro atoms. The molecule has 1 aromatic carbocycles. The number of methoxy groups -OCH3 is 1. The maximum atomic E-state index is 13.5. The molecule has 1 aliphatic rings. The highest BCUT2D eigenvalue weighted by atomic mass is 79.9. The number of hydrogen-bond donors (Lipinski definition) is 1. The van der Waals surface area contributed by atoms with Gasteiger partial charge in [-0.05, 0) is 49.9 Å². The van der Waals surface area contributed by atoms with E-state index in [2.05, 4.69) is 38.1 Å². The summed E-state index contributed by atoms with van der Waals surface area (Å²) in [5.74, 6) is 0.631. The van der Waals surface area contributed by atoms with Crippen LogP contribution in [-0.2, 0) is 16.0 Å². The average Bonchev–Trinajstić information content (AvgIpc) is 2.62. The topological polar surface area (TPSA) is 46.1 Å². The molecule has 0 unspecified atom stereocenters. The second kappa shape index (κ2) is 11.5. The number of likely N-dealkylation sites (tertiary alicyclic amines) is 1. The van der Waals surface area contributed by atoms with Gasteiger partial charge in [0.05, 0.1) is 12.6 Å². The fraction of sp³-hybridized carbons (Fsp3) is 0.632. The largest absolute Gasteiger partial charge is 0.385 e. The molecule has 1 heterocycles. The first-order valence-electron chi connectivity index (χ1n) is 9.21. The number of benzene rings is 1. The number of aliphatic imine (C=N–C) groups is 1. The Morgan fingerprint density at radius 3 is 2.73 bits per heavy atom. The van der Waals surface area contributed by atoms with Gasteiger partial charge in [-0.3, -0.25) is 0 Å². The summed E-state index contributed by atoms with van der Waals surface area (Å²) in [6.07, 6.45) is 3.22. The molecule has 1 aromatic rings. The van der Waals surface area contributed by atoms with Gasteiger partial charge >= 0.3 is 0 Å². The molecule has 0 amide bonds. The van der Waals surface area contributed by atoms with Crippen LogP contribution in [0.25, 0.3) is 0 Å². The fourth-order valence-electron chi connectivity index (χ4n) is 2.98. The molecule has 0 aliphatic carbocycles. The van der Waals surface area contributed by atoms with Gasteiger partial charge in [0.15, 0.2) is 5.96 Å². The summed E-state index contributed by atoms with van der Waals surface area (Å²) in [5.41, 5.74) is 0.851. The third-order valence-electron chi connectivity index (χ3n) is 4.26. The van der Waals surface area contributed by atoms with Crippen LogP contribution in [0.4, 0.5) is 4.39 Å². The van der Waals surface area contributed by atoms with Gasteiger partial charge in [0.2, 0.25) is 0 Å². The van der Waals surface area contributed by atoms with Crippen LogP contribution in [0.3, 0.4) is 0 Å². The number of halogens is 2. The van der Waals surface area contributed by atoms with Gasteiger partial charge in [0.25, 0.3) is 0 Å². The standard InChI is InChI=1S/C19H29BrFN3O2/c1-3-22-19(23-14-15-11-16(20)13-17(21)12-15)24-7-5-18(6-8-24)26-10-4-9-25-2/h11-13,18H,3-10,14H2,1-2H3,(H,22,23). The molecule has 0 atom stereocenters. The molecule has 1 fully saturated rings. The molecule has 1 saturated heterocycles. The second-order valence-electron chi connectivity index (χ2n) is 6.35. The van der Waals surface area contributed by atoms with E-state index in [0.717, 1.165) is 68.1 Å². The lowest BCUT2D eigenvalue weighted by molar-refractivity contribution is 0.00990. The highest BCUT2D eigenvalue weighted by molar-refractivity contribution is 9.10. The monoisotopic (exact) mass is 429 g/mol. The molecule has 7 heteroatoms. The van der Waals surface area contributed by atoms with Crippen LogP contribution in [0.1, 0.15) is 31.7 Å². The van der Waals surface area contributed by atoms with Crippen LogP contribution in [0.2, 0.25) is 0 Å². The third-order valence-corrected chi connectivity index (χ3v) is 4.71. The minimum absolute atomic E-state index is 0.249. The number of piperidine rings is 1. The van der Waals surface area contributed by atoms with Crippen molar-refractivity contribution in [3.63, 3.8) is 0 Å². The third kappa shape index (κ3) is 7.21. The van der Waals surface area contributed by atoms with Crippen molar-refractivity contribution in [1.29, 1.82) is 0 Å².